The summed E-state index contributed by atoms with van der Waals surface area (Å²) < 4.78 is 4.98. The molecule has 0 aromatic carbocycles. The lowest BCUT2D eigenvalue weighted by Crippen LogP contribution is -2.01. The van der Waals surface area contributed by atoms with Gasteiger partial charge in [0.2, 0.25) is 5.89 Å². The van der Waals surface area contributed by atoms with Gasteiger partial charge in [-0.25, -0.2) is 0 Å². The Balaban J connectivity index is 1.99. The average Bonchev–Trinajstić information content (AvgIpc) is 2.73. The third kappa shape index (κ3) is 2.47. The van der Waals surface area contributed by atoms with E-state index in [9.17, 15) is 0 Å². The Bertz CT molecular complexity index is 468. The maximum atomic E-state index is 4.98. The minimum Gasteiger partial charge on any atom is -0.387 e. The number of hydrogen-bond donors (Lipinski definition) is 2. The van der Waals surface area contributed by atoms with E-state index in [-0.39, 0.29) is 0 Å². The summed E-state index contributed by atoms with van der Waals surface area (Å²) in [7, 11) is 1.85. The van der Waals surface area contributed by atoms with Crippen LogP contribution in [0.3, 0.4) is 0 Å². The number of nitrogens with zero attached hydrogens (tertiary/aromatic N) is 3. The van der Waals surface area contributed by atoms with E-state index in [1.54, 1.807) is 19.3 Å². The molecule has 0 bridgehead atoms. The zero-order valence-corrected chi connectivity index (χ0v) is 9.19. The van der Waals surface area contributed by atoms with Gasteiger partial charge in [-0.05, 0) is 13.0 Å². The molecule has 0 radical (unpaired) electrons. The summed E-state index contributed by atoms with van der Waals surface area (Å²) in [5, 5.41) is 9.87. The van der Waals surface area contributed by atoms with Crippen molar-refractivity contribution in [2.75, 3.05) is 17.7 Å². The highest BCUT2D eigenvalue weighted by molar-refractivity contribution is 5.53. The van der Waals surface area contributed by atoms with Crippen molar-refractivity contribution >= 4 is 11.4 Å². The van der Waals surface area contributed by atoms with E-state index in [1.165, 1.54) is 0 Å². The van der Waals surface area contributed by atoms with Crippen LogP contribution < -0.4 is 10.6 Å². The van der Waals surface area contributed by atoms with Crippen LogP contribution in [0.1, 0.15) is 11.7 Å². The Hall–Kier alpha value is -2.11. The highest BCUT2D eigenvalue weighted by atomic mass is 16.5. The number of pyridine rings is 1. The maximum absolute atomic E-state index is 4.98. The van der Waals surface area contributed by atoms with E-state index in [2.05, 4.69) is 25.8 Å². The van der Waals surface area contributed by atoms with E-state index in [1.807, 2.05) is 13.1 Å². The molecule has 0 atom stereocenters. The van der Waals surface area contributed by atoms with Gasteiger partial charge in [-0.1, -0.05) is 5.16 Å². The Labute approximate surface area is 93.1 Å². The van der Waals surface area contributed by atoms with Crippen molar-refractivity contribution in [2.45, 2.75) is 13.5 Å². The third-order valence-corrected chi connectivity index (χ3v) is 2.04. The van der Waals surface area contributed by atoms with E-state index in [0.29, 0.717) is 18.3 Å². The topological polar surface area (TPSA) is 75.9 Å². The van der Waals surface area contributed by atoms with Crippen LogP contribution in [0.4, 0.5) is 11.4 Å². The van der Waals surface area contributed by atoms with Crippen molar-refractivity contribution in [2.24, 2.45) is 0 Å². The molecular weight excluding hydrogens is 206 g/mol. The van der Waals surface area contributed by atoms with Crippen LogP contribution >= 0.6 is 0 Å². The SMILES string of the molecule is CNc1cncc(NCc2nc(C)no2)c1. The fourth-order valence-electron chi connectivity index (χ4n) is 1.26. The Morgan fingerprint density at radius 1 is 1.31 bits per heavy atom. The van der Waals surface area contributed by atoms with Crippen molar-refractivity contribution < 1.29 is 4.52 Å². The molecule has 0 saturated heterocycles. The molecule has 6 nitrogen and oxygen atoms in total. The van der Waals surface area contributed by atoms with Crippen LogP contribution in [0.15, 0.2) is 23.0 Å². The highest BCUT2D eigenvalue weighted by Crippen LogP contribution is 2.12. The summed E-state index contributed by atoms with van der Waals surface area (Å²) in [6, 6.07) is 1.95. The van der Waals surface area contributed by atoms with Crippen molar-refractivity contribution in [3.63, 3.8) is 0 Å². The van der Waals surface area contributed by atoms with Gasteiger partial charge in [0.15, 0.2) is 5.82 Å². The molecule has 2 N–H and O–H groups in total. The average molecular weight is 219 g/mol. The number of aromatic nitrogens is 3. The van der Waals surface area contributed by atoms with E-state index >= 15 is 0 Å². The van der Waals surface area contributed by atoms with Gasteiger partial charge in [0.25, 0.3) is 0 Å². The van der Waals surface area contributed by atoms with E-state index < -0.39 is 0 Å². The summed E-state index contributed by atoms with van der Waals surface area (Å²) in [6.45, 7) is 2.28. The molecule has 2 aromatic rings. The minimum atomic E-state index is 0.496. The van der Waals surface area contributed by atoms with Gasteiger partial charge < -0.3 is 15.2 Å². The molecule has 2 aromatic heterocycles. The zero-order chi connectivity index (χ0) is 11.4. The number of nitrogens with one attached hydrogen (secondary N) is 2. The molecule has 0 unspecified atom stereocenters. The molecule has 0 aliphatic heterocycles. The molecule has 0 fully saturated rings. The third-order valence-electron chi connectivity index (χ3n) is 2.04. The summed E-state index contributed by atoms with van der Waals surface area (Å²) in [4.78, 5) is 8.17. The fraction of sp³-hybridized carbons (Fsp3) is 0.300. The van der Waals surface area contributed by atoms with Crippen molar-refractivity contribution in [3.05, 3.63) is 30.2 Å². The number of anilines is 2. The van der Waals surface area contributed by atoms with Gasteiger partial charge in [-0.15, -0.1) is 0 Å². The van der Waals surface area contributed by atoms with Crippen LogP contribution in [-0.2, 0) is 6.54 Å². The standard InChI is InChI=1S/C10H13N5O/c1-7-14-10(16-15-7)6-13-9-3-8(11-2)4-12-5-9/h3-5,11,13H,6H2,1-2H3. The van der Waals surface area contributed by atoms with Gasteiger partial charge in [0, 0.05) is 7.05 Å². The number of rotatable bonds is 4. The quantitative estimate of drug-likeness (QED) is 0.810. The molecule has 16 heavy (non-hydrogen) atoms. The summed E-state index contributed by atoms with van der Waals surface area (Å²) in [5.41, 5.74) is 1.86. The number of hydrogen-bond acceptors (Lipinski definition) is 6. The molecule has 0 aliphatic rings. The minimum absolute atomic E-state index is 0.496. The molecular formula is C10H13N5O. The van der Waals surface area contributed by atoms with Gasteiger partial charge in [0.05, 0.1) is 30.3 Å². The van der Waals surface area contributed by atoms with E-state index in [4.69, 9.17) is 4.52 Å². The zero-order valence-electron chi connectivity index (χ0n) is 9.19. The second kappa shape index (κ2) is 4.61. The summed E-state index contributed by atoms with van der Waals surface area (Å²) in [6.07, 6.45) is 3.49. The highest BCUT2D eigenvalue weighted by Gasteiger charge is 2.02. The predicted octanol–water partition coefficient (Wildman–Crippen LogP) is 1.43. The lowest BCUT2D eigenvalue weighted by atomic mass is 10.3. The molecule has 2 heterocycles. The maximum Gasteiger partial charge on any atom is 0.245 e. The van der Waals surface area contributed by atoms with Crippen LogP contribution in [-0.4, -0.2) is 22.2 Å². The van der Waals surface area contributed by atoms with E-state index in [0.717, 1.165) is 11.4 Å². The predicted molar refractivity (Wildman–Crippen MR) is 60.1 cm³/mol. The lowest BCUT2D eigenvalue weighted by Gasteiger charge is -2.04. The van der Waals surface area contributed by atoms with Crippen LogP contribution in [0.5, 0.6) is 0 Å². The summed E-state index contributed by atoms with van der Waals surface area (Å²) >= 11 is 0. The molecule has 0 saturated carbocycles. The smallest absolute Gasteiger partial charge is 0.245 e. The van der Waals surface area contributed by atoms with Crippen molar-refractivity contribution in [1.29, 1.82) is 0 Å². The van der Waals surface area contributed by atoms with Crippen molar-refractivity contribution in [3.8, 4) is 0 Å². The first-order valence-electron chi connectivity index (χ1n) is 4.94. The largest absolute Gasteiger partial charge is 0.387 e. The van der Waals surface area contributed by atoms with Gasteiger partial charge in [-0.2, -0.15) is 4.98 Å². The second-order valence-corrected chi connectivity index (χ2v) is 3.30. The molecule has 0 aliphatic carbocycles. The summed E-state index contributed by atoms with van der Waals surface area (Å²) in [5.74, 6) is 1.20. The number of aryl methyl sites for hydroxylation is 1. The second-order valence-electron chi connectivity index (χ2n) is 3.30. The van der Waals surface area contributed by atoms with Gasteiger partial charge >= 0.3 is 0 Å². The van der Waals surface area contributed by atoms with Crippen LogP contribution in [0, 0.1) is 6.92 Å². The monoisotopic (exact) mass is 219 g/mol. The Morgan fingerprint density at radius 2 is 2.12 bits per heavy atom. The molecule has 0 amide bonds. The fourth-order valence-corrected chi connectivity index (χ4v) is 1.26. The molecule has 0 spiro atoms. The van der Waals surface area contributed by atoms with Gasteiger partial charge in [0.1, 0.15) is 0 Å². The normalized spacial score (nSPS) is 10.1. The molecule has 84 valence electrons. The first kappa shape index (κ1) is 10.4. The Kier molecular flexibility index (Phi) is 3.00. The Morgan fingerprint density at radius 3 is 2.81 bits per heavy atom. The molecule has 2 rings (SSSR count). The first-order chi connectivity index (χ1) is 7.78. The van der Waals surface area contributed by atoms with Gasteiger partial charge in [-0.3, -0.25) is 4.98 Å². The lowest BCUT2D eigenvalue weighted by molar-refractivity contribution is 0.379. The molecule has 6 heteroatoms. The van der Waals surface area contributed by atoms with Crippen LogP contribution in [0.25, 0.3) is 0 Å². The van der Waals surface area contributed by atoms with Crippen molar-refractivity contribution in [1.82, 2.24) is 15.1 Å². The first-order valence-corrected chi connectivity index (χ1v) is 4.94. The van der Waals surface area contributed by atoms with Crippen LogP contribution in [0.2, 0.25) is 0 Å².